The molecule has 1 saturated carbocycles. The highest BCUT2D eigenvalue weighted by molar-refractivity contribution is 5.76. The van der Waals surface area contributed by atoms with Crippen molar-refractivity contribution in [2.75, 3.05) is 13.2 Å². The summed E-state index contributed by atoms with van der Waals surface area (Å²) in [6.07, 6.45) is 10.2. The summed E-state index contributed by atoms with van der Waals surface area (Å²) < 4.78 is 5.64. The van der Waals surface area contributed by atoms with Gasteiger partial charge in [-0.05, 0) is 57.9 Å². The molecule has 2 N–H and O–H groups in total. The molecule has 0 aromatic rings. The summed E-state index contributed by atoms with van der Waals surface area (Å²) in [6, 6.07) is 0.373. The Hall–Kier alpha value is -0.610. The van der Waals surface area contributed by atoms with Crippen LogP contribution in [0, 0.1) is 0 Å². The number of carbonyl (C=O) groups is 1. The van der Waals surface area contributed by atoms with Gasteiger partial charge >= 0.3 is 0 Å². The van der Waals surface area contributed by atoms with Crippen LogP contribution in [-0.4, -0.2) is 36.7 Å². The van der Waals surface area contributed by atoms with Gasteiger partial charge < -0.3 is 15.4 Å². The molecular formula is C15H26N2O2. The molecule has 108 valence electrons. The predicted molar refractivity (Wildman–Crippen MR) is 74.0 cm³/mol. The standard InChI is InChI=1S/C15H26N2O2/c18-14(10-13-4-1-2-9-19-13)17-12-5-8-16-15(11-12)6-3-7-15/h12-13,16H,1-11H2,(H,17,18). The molecule has 4 heteroatoms. The van der Waals surface area contributed by atoms with E-state index in [-0.39, 0.29) is 12.0 Å². The van der Waals surface area contributed by atoms with E-state index in [9.17, 15) is 4.79 Å². The zero-order valence-electron chi connectivity index (χ0n) is 11.7. The molecule has 1 spiro atoms. The maximum Gasteiger partial charge on any atom is 0.222 e. The number of rotatable bonds is 3. The van der Waals surface area contributed by atoms with Crippen LogP contribution in [0.3, 0.4) is 0 Å². The summed E-state index contributed by atoms with van der Waals surface area (Å²) in [5.74, 6) is 0.188. The zero-order chi connectivity index (χ0) is 13.1. The third-order valence-electron chi connectivity index (χ3n) is 4.99. The first-order valence-corrected chi connectivity index (χ1v) is 7.92. The molecule has 0 aromatic carbocycles. The van der Waals surface area contributed by atoms with Crippen molar-refractivity contribution in [1.82, 2.24) is 10.6 Å². The summed E-state index contributed by atoms with van der Waals surface area (Å²) >= 11 is 0. The first-order chi connectivity index (χ1) is 9.26. The minimum Gasteiger partial charge on any atom is -0.378 e. The summed E-state index contributed by atoms with van der Waals surface area (Å²) in [5.41, 5.74) is 0.359. The fraction of sp³-hybridized carbons (Fsp3) is 0.933. The monoisotopic (exact) mass is 266 g/mol. The lowest BCUT2D eigenvalue weighted by Crippen LogP contribution is -2.59. The normalized spacial score (nSPS) is 33.7. The van der Waals surface area contributed by atoms with Gasteiger partial charge in [-0.15, -0.1) is 0 Å². The van der Waals surface area contributed by atoms with Gasteiger partial charge in [0.1, 0.15) is 0 Å². The summed E-state index contributed by atoms with van der Waals surface area (Å²) in [5, 5.41) is 6.87. The van der Waals surface area contributed by atoms with Crippen molar-refractivity contribution in [2.24, 2.45) is 0 Å². The first-order valence-electron chi connectivity index (χ1n) is 7.92. The van der Waals surface area contributed by atoms with Gasteiger partial charge in [-0.25, -0.2) is 0 Å². The number of amides is 1. The van der Waals surface area contributed by atoms with Gasteiger partial charge in [0.2, 0.25) is 5.91 Å². The molecule has 2 aliphatic heterocycles. The Morgan fingerprint density at radius 2 is 2.16 bits per heavy atom. The Labute approximate surface area is 115 Å². The van der Waals surface area contributed by atoms with Gasteiger partial charge in [0, 0.05) is 18.2 Å². The number of nitrogens with one attached hydrogen (secondary N) is 2. The van der Waals surface area contributed by atoms with Crippen LogP contribution in [0.1, 0.15) is 57.8 Å². The minimum absolute atomic E-state index is 0.160. The third-order valence-corrected chi connectivity index (χ3v) is 4.99. The summed E-state index contributed by atoms with van der Waals surface area (Å²) in [7, 11) is 0. The fourth-order valence-corrected chi connectivity index (χ4v) is 3.73. The molecule has 2 saturated heterocycles. The van der Waals surface area contributed by atoms with Crippen LogP contribution in [0.15, 0.2) is 0 Å². The molecule has 2 heterocycles. The van der Waals surface area contributed by atoms with Crippen molar-refractivity contribution < 1.29 is 9.53 Å². The molecule has 3 rings (SSSR count). The lowest BCUT2D eigenvalue weighted by Gasteiger charge is -2.48. The number of piperidine rings is 1. The smallest absolute Gasteiger partial charge is 0.222 e. The third kappa shape index (κ3) is 3.29. The Morgan fingerprint density at radius 3 is 2.84 bits per heavy atom. The van der Waals surface area contributed by atoms with E-state index >= 15 is 0 Å². The molecule has 0 radical (unpaired) electrons. The highest BCUT2D eigenvalue weighted by Gasteiger charge is 2.41. The number of ether oxygens (including phenoxy) is 1. The van der Waals surface area contributed by atoms with Gasteiger partial charge in [-0.3, -0.25) is 4.79 Å². The van der Waals surface area contributed by atoms with E-state index in [4.69, 9.17) is 4.74 Å². The molecule has 0 bridgehead atoms. The van der Waals surface area contributed by atoms with Crippen molar-refractivity contribution in [2.45, 2.75) is 75.5 Å². The number of hydrogen-bond donors (Lipinski definition) is 2. The first kappa shape index (κ1) is 13.4. The fourth-order valence-electron chi connectivity index (χ4n) is 3.73. The van der Waals surface area contributed by atoms with E-state index < -0.39 is 0 Å². The average molecular weight is 266 g/mol. The van der Waals surface area contributed by atoms with Crippen LogP contribution >= 0.6 is 0 Å². The van der Waals surface area contributed by atoms with Crippen LogP contribution < -0.4 is 10.6 Å². The van der Waals surface area contributed by atoms with E-state index in [0.29, 0.717) is 18.0 Å². The Morgan fingerprint density at radius 1 is 1.26 bits per heavy atom. The second-order valence-electron chi connectivity index (χ2n) is 6.51. The van der Waals surface area contributed by atoms with Gasteiger partial charge in [-0.1, -0.05) is 0 Å². The second-order valence-corrected chi connectivity index (χ2v) is 6.51. The van der Waals surface area contributed by atoms with Crippen molar-refractivity contribution >= 4 is 5.91 Å². The largest absolute Gasteiger partial charge is 0.378 e. The molecule has 2 atom stereocenters. The SMILES string of the molecule is O=C(CC1CCCCO1)NC1CCNC2(CCC2)C1. The van der Waals surface area contributed by atoms with Crippen LogP contribution in [0.5, 0.6) is 0 Å². The van der Waals surface area contributed by atoms with Crippen LogP contribution in [0.4, 0.5) is 0 Å². The molecule has 1 aliphatic carbocycles. The topological polar surface area (TPSA) is 50.4 Å². The molecule has 3 fully saturated rings. The van der Waals surface area contributed by atoms with E-state index in [1.807, 2.05) is 0 Å². The summed E-state index contributed by atoms with van der Waals surface area (Å²) in [4.78, 5) is 12.1. The van der Waals surface area contributed by atoms with E-state index in [1.54, 1.807) is 0 Å². The number of hydrogen-bond acceptors (Lipinski definition) is 3. The van der Waals surface area contributed by atoms with Crippen molar-refractivity contribution in [1.29, 1.82) is 0 Å². The minimum atomic E-state index is 0.160. The predicted octanol–water partition coefficient (Wildman–Crippen LogP) is 1.74. The second kappa shape index (κ2) is 5.80. The highest BCUT2D eigenvalue weighted by atomic mass is 16.5. The van der Waals surface area contributed by atoms with Gasteiger partial charge in [0.15, 0.2) is 0 Å². The average Bonchev–Trinajstić information content (AvgIpc) is 2.38. The quantitative estimate of drug-likeness (QED) is 0.818. The highest BCUT2D eigenvalue weighted by Crippen LogP contribution is 2.38. The van der Waals surface area contributed by atoms with Gasteiger partial charge in [0.25, 0.3) is 0 Å². The molecule has 3 aliphatic rings. The maximum absolute atomic E-state index is 12.1. The Balaban J connectivity index is 1.43. The van der Waals surface area contributed by atoms with Gasteiger partial charge in [0.05, 0.1) is 12.5 Å². The lowest BCUT2D eigenvalue weighted by atomic mass is 9.70. The molecule has 2 unspecified atom stereocenters. The molecule has 0 aromatic heterocycles. The molecule has 1 amide bonds. The summed E-state index contributed by atoms with van der Waals surface area (Å²) in [6.45, 7) is 1.87. The van der Waals surface area contributed by atoms with E-state index in [2.05, 4.69) is 10.6 Å². The van der Waals surface area contributed by atoms with Crippen molar-refractivity contribution in [3.05, 3.63) is 0 Å². The molecule has 4 nitrogen and oxygen atoms in total. The maximum atomic E-state index is 12.1. The molecular weight excluding hydrogens is 240 g/mol. The molecule has 19 heavy (non-hydrogen) atoms. The Bertz CT molecular complexity index is 322. The van der Waals surface area contributed by atoms with Crippen LogP contribution in [-0.2, 0) is 9.53 Å². The lowest BCUT2D eigenvalue weighted by molar-refractivity contribution is -0.126. The van der Waals surface area contributed by atoms with E-state index in [0.717, 1.165) is 38.8 Å². The van der Waals surface area contributed by atoms with Gasteiger partial charge in [-0.2, -0.15) is 0 Å². The van der Waals surface area contributed by atoms with Crippen LogP contribution in [0.25, 0.3) is 0 Å². The zero-order valence-corrected chi connectivity index (χ0v) is 11.7. The van der Waals surface area contributed by atoms with Crippen LogP contribution in [0.2, 0.25) is 0 Å². The Kier molecular flexibility index (Phi) is 4.08. The van der Waals surface area contributed by atoms with Crippen molar-refractivity contribution in [3.63, 3.8) is 0 Å². The van der Waals surface area contributed by atoms with E-state index in [1.165, 1.54) is 25.7 Å². The van der Waals surface area contributed by atoms with Crippen molar-refractivity contribution in [3.8, 4) is 0 Å². The number of carbonyl (C=O) groups excluding carboxylic acids is 1.